The van der Waals surface area contributed by atoms with E-state index in [-0.39, 0.29) is 11.8 Å². The molecule has 32 heavy (non-hydrogen) atoms. The first kappa shape index (κ1) is 22.6. The Bertz CT molecular complexity index is 803. The maximum atomic E-state index is 13.3. The van der Waals surface area contributed by atoms with Crippen LogP contribution in [0.1, 0.15) is 51.9 Å². The standard InChI is InChI=1S/C24H36IN3O4/c1-2-9-32-23-20(22(29)26-21-18-11-15-10-17(13-18)19(21)12-15)14-25-28(23)8-7-27-5-3-16(4-6-27)24(30)31/h14-19,21H,2-13H2,1H3,(H,26,29)(H,30,31)/t15?,17?,18-,19?,21-/m1/s1. The van der Waals surface area contributed by atoms with Gasteiger partial charge in [-0.1, -0.05) is 6.92 Å². The number of carbonyl (C=O) groups is 2. The maximum absolute atomic E-state index is 13.3. The first-order valence-electron chi connectivity index (χ1n) is 12.4. The Balaban J connectivity index is 1.20. The Morgan fingerprint density at radius 3 is 2.66 bits per heavy atom. The third-order valence-electron chi connectivity index (χ3n) is 8.32. The number of carboxylic acids is 1. The first-order chi connectivity index (χ1) is 15.5. The van der Waals surface area contributed by atoms with E-state index in [1.807, 2.05) is 0 Å². The molecule has 6 aliphatic rings. The van der Waals surface area contributed by atoms with Crippen LogP contribution in [-0.4, -0.2) is 67.8 Å². The van der Waals surface area contributed by atoms with Gasteiger partial charge in [-0.25, -0.2) is 0 Å². The zero-order valence-corrected chi connectivity index (χ0v) is 21.1. The summed E-state index contributed by atoms with van der Waals surface area (Å²) < 4.78 is 10.5. The molecule has 8 heteroatoms. The molecule has 0 radical (unpaired) electrons. The molecule has 0 aromatic carbocycles. The molecule has 0 spiro atoms. The Kier molecular flexibility index (Phi) is 6.79. The monoisotopic (exact) mass is 557 g/mol. The molecule has 5 atom stereocenters. The average molecular weight is 557 g/mol. The van der Waals surface area contributed by atoms with E-state index in [4.69, 9.17) is 4.74 Å². The van der Waals surface area contributed by atoms with Gasteiger partial charge in [-0.3, -0.25) is 12.7 Å². The number of piperidine rings is 1. The number of hydrogen-bond donors (Lipinski definition) is 2. The van der Waals surface area contributed by atoms with Gasteiger partial charge in [-0.2, -0.15) is 0 Å². The number of rotatable bonds is 9. The second-order valence-corrected chi connectivity index (χ2v) is 12.7. The van der Waals surface area contributed by atoms with Crippen molar-refractivity contribution in [2.45, 2.75) is 57.9 Å². The Hall–Kier alpha value is -1.16. The lowest BCUT2D eigenvalue weighted by atomic mass is 9.79. The van der Waals surface area contributed by atoms with Gasteiger partial charge >= 0.3 is 5.97 Å². The van der Waals surface area contributed by atoms with Crippen molar-refractivity contribution in [1.29, 1.82) is 0 Å². The number of halogens is 1. The average Bonchev–Trinajstić information content (AvgIpc) is 3.40. The Morgan fingerprint density at radius 2 is 1.94 bits per heavy atom. The van der Waals surface area contributed by atoms with Crippen LogP contribution >= 0.6 is 21.0 Å². The number of carbonyl (C=O) groups excluding carboxylic acids is 1. The summed E-state index contributed by atoms with van der Waals surface area (Å²) in [5.74, 6) is 3.13. The Morgan fingerprint density at radius 1 is 1.16 bits per heavy atom. The number of amides is 1. The van der Waals surface area contributed by atoms with Crippen LogP contribution in [0.25, 0.3) is 0 Å². The zero-order chi connectivity index (χ0) is 22.2. The fourth-order valence-corrected chi connectivity index (χ4v) is 9.11. The van der Waals surface area contributed by atoms with Crippen molar-refractivity contribution in [1.82, 2.24) is 13.3 Å². The number of carboxylic acid groups (broad SMARTS) is 1. The van der Waals surface area contributed by atoms with Crippen LogP contribution in [0.15, 0.2) is 11.5 Å². The highest BCUT2D eigenvalue weighted by molar-refractivity contribution is 14.2. The molecule has 0 aromatic heterocycles. The van der Waals surface area contributed by atoms with Crippen molar-refractivity contribution in [3.63, 3.8) is 0 Å². The molecule has 1 saturated heterocycles. The molecule has 7 nitrogen and oxygen atoms in total. The van der Waals surface area contributed by atoms with Crippen molar-refractivity contribution in [3.05, 3.63) is 11.5 Å². The van der Waals surface area contributed by atoms with E-state index >= 15 is 0 Å². The summed E-state index contributed by atoms with van der Waals surface area (Å²) >= 11 is -0.409. The van der Waals surface area contributed by atoms with Gasteiger partial charge in [0.15, 0.2) is 0 Å². The van der Waals surface area contributed by atoms with Crippen LogP contribution in [0.2, 0.25) is 0 Å². The zero-order valence-electron chi connectivity index (χ0n) is 19.0. The summed E-state index contributed by atoms with van der Waals surface area (Å²) in [6, 6.07) is 0.363. The van der Waals surface area contributed by atoms with Gasteiger partial charge in [0.2, 0.25) is 5.88 Å². The number of nitrogens with one attached hydrogen (secondary N) is 1. The third-order valence-corrected chi connectivity index (χ3v) is 10.8. The van der Waals surface area contributed by atoms with Gasteiger partial charge in [0.1, 0.15) is 5.57 Å². The van der Waals surface area contributed by atoms with E-state index in [0.29, 0.717) is 24.5 Å². The predicted octanol–water partition coefficient (Wildman–Crippen LogP) is 2.98. The highest BCUT2D eigenvalue weighted by Crippen LogP contribution is 2.58. The van der Waals surface area contributed by atoms with Crippen LogP contribution in [0, 0.1) is 29.6 Å². The topological polar surface area (TPSA) is 82.1 Å². The largest absolute Gasteiger partial charge is 0.481 e. The van der Waals surface area contributed by atoms with E-state index in [9.17, 15) is 14.7 Å². The molecular weight excluding hydrogens is 521 g/mol. The minimum Gasteiger partial charge on any atom is -0.481 e. The van der Waals surface area contributed by atoms with Crippen LogP contribution in [0.5, 0.6) is 0 Å². The summed E-state index contributed by atoms with van der Waals surface area (Å²) in [6.45, 7) is 6.13. The summed E-state index contributed by atoms with van der Waals surface area (Å²) in [4.78, 5) is 26.9. The molecule has 0 aromatic rings. The van der Waals surface area contributed by atoms with E-state index in [2.05, 4.69) is 24.3 Å². The van der Waals surface area contributed by atoms with Gasteiger partial charge in [0.25, 0.3) is 5.91 Å². The lowest BCUT2D eigenvalue weighted by Crippen LogP contribution is -2.45. The van der Waals surface area contributed by atoms with Crippen molar-refractivity contribution >= 4 is 36.9 Å². The number of likely N-dealkylation sites (tertiary alicyclic amines) is 1. The second kappa shape index (κ2) is 9.60. The van der Waals surface area contributed by atoms with Gasteiger partial charge in [-0.05, 0) is 81.7 Å². The van der Waals surface area contributed by atoms with Gasteiger partial charge in [0, 0.05) is 44.1 Å². The van der Waals surface area contributed by atoms with E-state index in [1.165, 1.54) is 25.7 Å². The Labute approximate surface area is 201 Å². The fourth-order valence-electron chi connectivity index (χ4n) is 6.80. The number of ether oxygens (including phenoxy) is 1. The maximum Gasteiger partial charge on any atom is 0.306 e. The minimum absolute atomic E-state index is 0.0709. The highest BCUT2D eigenvalue weighted by atomic mass is 127. The van der Waals surface area contributed by atoms with Gasteiger partial charge < -0.3 is 20.1 Å². The third kappa shape index (κ3) is 4.45. The van der Waals surface area contributed by atoms with Crippen LogP contribution in [0.3, 0.4) is 0 Å². The van der Waals surface area contributed by atoms with E-state index < -0.39 is 27.0 Å². The van der Waals surface area contributed by atoms with Crippen LogP contribution in [0.4, 0.5) is 0 Å². The first-order valence-corrected chi connectivity index (χ1v) is 14.6. The summed E-state index contributed by atoms with van der Waals surface area (Å²) in [5.41, 5.74) is 0.758. The number of hydrogen-bond acceptors (Lipinski definition) is 5. The van der Waals surface area contributed by atoms with E-state index in [0.717, 1.165) is 68.7 Å². The second-order valence-electron chi connectivity index (χ2n) is 10.3. The van der Waals surface area contributed by atoms with Crippen molar-refractivity contribution < 1.29 is 19.4 Å². The number of aliphatic carboxylic acids is 1. The van der Waals surface area contributed by atoms with Crippen LogP contribution < -0.4 is 5.32 Å². The molecule has 1 amide bonds. The number of nitrogens with zero attached hydrogens (tertiary/aromatic N) is 2. The summed E-state index contributed by atoms with van der Waals surface area (Å²) in [7, 11) is 0. The lowest BCUT2D eigenvalue weighted by Gasteiger charge is -2.33. The SMILES string of the molecule is CCCOC1=C(C(=O)N[C@H]2C3CC4CC3C[C@H]2C4)C=IN1CCN1CCC(C(=O)O)CC1. The van der Waals surface area contributed by atoms with Crippen molar-refractivity contribution in [3.8, 4) is 0 Å². The normalized spacial score (nSPS) is 34.3. The molecule has 3 unspecified atom stereocenters. The smallest absolute Gasteiger partial charge is 0.306 e. The molecule has 2 N–H and O–H groups in total. The predicted molar refractivity (Wildman–Crippen MR) is 131 cm³/mol. The summed E-state index contributed by atoms with van der Waals surface area (Å²) in [6.07, 6.45) is 7.68. The molecular formula is C24H36IN3O4. The van der Waals surface area contributed by atoms with Gasteiger partial charge in [0.05, 0.1) is 12.5 Å². The van der Waals surface area contributed by atoms with Crippen molar-refractivity contribution in [2.24, 2.45) is 29.6 Å². The highest BCUT2D eigenvalue weighted by Gasteiger charge is 2.54. The van der Waals surface area contributed by atoms with Crippen LogP contribution in [-0.2, 0) is 14.3 Å². The summed E-state index contributed by atoms with van der Waals surface area (Å²) in [5, 5.41) is 12.7. The van der Waals surface area contributed by atoms with E-state index in [1.54, 1.807) is 0 Å². The molecule has 2 aliphatic heterocycles. The fraction of sp³-hybridized carbons (Fsp3) is 0.792. The van der Waals surface area contributed by atoms with Gasteiger partial charge in [-0.15, -0.1) is 0 Å². The molecule has 2 heterocycles. The molecule has 4 bridgehead atoms. The molecule has 5 fully saturated rings. The molecule has 178 valence electrons. The van der Waals surface area contributed by atoms with Crippen molar-refractivity contribution in [2.75, 3.05) is 32.8 Å². The molecule has 4 saturated carbocycles. The minimum atomic E-state index is -0.665. The molecule has 6 rings (SSSR count). The quantitative estimate of drug-likeness (QED) is 0.335. The molecule has 4 aliphatic carbocycles. The lowest BCUT2D eigenvalue weighted by molar-refractivity contribution is -0.143.